The molecule has 0 aromatic heterocycles. The summed E-state index contributed by atoms with van der Waals surface area (Å²) in [5.41, 5.74) is 8.61. The van der Waals surface area contributed by atoms with Crippen LogP contribution in [-0.4, -0.2) is 44.7 Å². The Bertz CT molecular complexity index is 1010. The van der Waals surface area contributed by atoms with Gasteiger partial charge < -0.3 is 15.6 Å². The van der Waals surface area contributed by atoms with Crippen LogP contribution in [-0.2, 0) is 26.1 Å². The average molecular weight is 463 g/mol. The number of hydrogen-bond acceptors (Lipinski definition) is 6. The smallest absolute Gasteiger partial charge is 0.322 e. The van der Waals surface area contributed by atoms with Crippen LogP contribution in [0.5, 0.6) is 5.75 Å². The molecule has 6 N–H and O–H groups in total. The zero-order valence-electron chi connectivity index (χ0n) is 17.2. The van der Waals surface area contributed by atoms with Crippen LogP contribution in [0.4, 0.5) is 0 Å². The van der Waals surface area contributed by atoms with Crippen molar-refractivity contribution < 1.29 is 27.9 Å². The van der Waals surface area contributed by atoms with Crippen molar-refractivity contribution in [3.8, 4) is 5.75 Å². The molecule has 172 valence electrons. The van der Waals surface area contributed by atoms with E-state index in [4.69, 9.17) is 20.7 Å². The molecule has 0 bridgehead atoms. The molecular weight excluding hydrogens is 436 g/mol. The lowest BCUT2D eigenvalue weighted by Crippen LogP contribution is -2.41. The second-order valence-corrected chi connectivity index (χ2v) is 8.28. The number of aliphatic carboxylic acids is 1. The van der Waals surface area contributed by atoms with Crippen molar-refractivity contribution in [2.24, 2.45) is 5.73 Å². The molecule has 1 atom stereocenters. The van der Waals surface area contributed by atoms with E-state index in [-0.39, 0.29) is 12.4 Å². The van der Waals surface area contributed by atoms with E-state index in [1.165, 1.54) is 6.08 Å². The Labute approximate surface area is 186 Å². The highest BCUT2D eigenvalue weighted by Gasteiger charge is 2.23. The van der Waals surface area contributed by atoms with Gasteiger partial charge in [-0.05, 0) is 35.8 Å². The minimum Gasteiger partial charge on any atom is -0.494 e. The SMILES string of the molecule is N=C(N)NOCCCOc1ccc(C[C@H](NS(=O)(=O)/C=C/c2ccccc2)C(=O)O)cc1. The fraction of sp³-hybridized carbons (Fsp3) is 0.238. The number of benzene rings is 2. The third-order valence-electron chi connectivity index (χ3n) is 4.05. The summed E-state index contributed by atoms with van der Waals surface area (Å²) in [5.74, 6) is -0.983. The molecule has 0 radical (unpaired) electrons. The number of carbonyl (C=O) groups is 1. The number of guanidine groups is 1. The topological polar surface area (TPSA) is 164 Å². The van der Waals surface area contributed by atoms with E-state index in [0.717, 1.165) is 5.41 Å². The molecule has 0 fully saturated rings. The second kappa shape index (κ2) is 12.4. The first-order chi connectivity index (χ1) is 15.2. The van der Waals surface area contributed by atoms with Crippen molar-refractivity contribution in [2.75, 3.05) is 13.2 Å². The summed E-state index contributed by atoms with van der Waals surface area (Å²) in [5, 5.41) is 17.3. The number of nitrogens with one attached hydrogen (secondary N) is 3. The maximum atomic E-state index is 12.3. The Morgan fingerprint density at radius 2 is 1.81 bits per heavy atom. The van der Waals surface area contributed by atoms with E-state index in [9.17, 15) is 18.3 Å². The molecule has 0 saturated carbocycles. The summed E-state index contributed by atoms with van der Waals surface area (Å²) < 4.78 is 32.3. The zero-order chi connectivity index (χ0) is 23.4. The Morgan fingerprint density at radius 3 is 2.44 bits per heavy atom. The van der Waals surface area contributed by atoms with Gasteiger partial charge in [-0.15, -0.1) is 0 Å². The molecule has 10 nitrogen and oxygen atoms in total. The summed E-state index contributed by atoms with van der Waals surface area (Å²) in [4.78, 5) is 16.5. The number of carboxylic acids is 1. The van der Waals surface area contributed by atoms with Crippen LogP contribution in [0.2, 0.25) is 0 Å². The van der Waals surface area contributed by atoms with Gasteiger partial charge in [0.05, 0.1) is 13.2 Å². The highest BCUT2D eigenvalue weighted by molar-refractivity contribution is 7.92. The third-order valence-corrected chi connectivity index (χ3v) is 5.16. The molecule has 0 heterocycles. The highest BCUT2D eigenvalue weighted by atomic mass is 32.2. The lowest BCUT2D eigenvalue weighted by molar-refractivity contribution is -0.138. The summed E-state index contributed by atoms with van der Waals surface area (Å²) in [6.45, 7) is 0.668. The van der Waals surface area contributed by atoms with Crippen molar-refractivity contribution in [3.63, 3.8) is 0 Å². The number of sulfonamides is 1. The molecule has 0 amide bonds. The van der Waals surface area contributed by atoms with E-state index in [1.54, 1.807) is 48.5 Å². The molecular formula is C21H26N4O6S. The third kappa shape index (κ3) is 9.60. The van der Waals surface area contributed by atoms with Crippen molar-refractivity contribution in [1.82, 2.24) is 10.2 Å². The molecule has 0 saturated heterocycles. The maximum absolute atomic E-state index is 12.3. The normalized spacial score (nSPS) is 12.4. The molecule has 0 aliphatic carbocycles. The van der Waals surface area contributed by atoms with E-state index in [0.29, 0.717) is 36.5 Å². The second-order valence-electron chi connectivity index (χ2n) is 6.68. The number of nitrogens with two attached hydrogens (primary N) is 1. The Hall–Kier alpha value is -3.41. The lowest BCUT2D eigenvalue weighted by atomic mass is 10.1. The highest BCUT2D eigenvalue weighted by Crippen LogP contribution is 2.14. The molecule has 2 aromatic carbocycles. The van der Waals surface area contributed by atoms with Crippen molar-refractivity contribution >= 4 is 28.0 Å². The van der Waals surface area contributed by atoms with Crippen molar-refractivity contribution in [2.45, 2.75) is 18.9 Å². The number of hydroxylamine groups is 1. The maximum Gasteiger partial charge on any atom is 0.322 e. The molecule has 32 heavy (non-hydrogen) atoms. The Balaban J connectivity index is 1.87. The predicted molar refractivity (Wildman–Crippen MR) is 120 cm³/mol. The Kier molecular flexibility index (Phi) is 9.67. The van der Waals surface area contributed by atoms with Gasteiger partial charge in [-0.3, -0.25) is 15.0 Å². The van der Waals surface area contributed by atoms with Crippen LogP contribution in [0.1, 0.15) is 17.5 Å². The minimum absolute atomic E-state index is 0.0292. The summed E-state index contributed by atoms with van der Waals surface area (Å²) in [6.07, 6.45) is 1.93. The number of rotatable bonds is 13. The molecule has 0 unspecified atom stereocenters. The van der Waals surface area contributed by atoms with E-state index in [2.05, 4.69) is 10.2 Å². The monoisotopic (exact) mass is 462 g/mol. The Morgan fingerprint density at radius 1 is 1.12 bits per heavy atom. The largest absolute Gasteiger partial charge is 0.494 e. The van der Waals surface area contributed by atoms with E-state index in [1.807, 2.05) is 6.07 Å². The van der Waals surface area contributed by atoms with Crippen LogP contribution in [0.3, 0.4) is 0 Å². The molecule has 0 spiro atoms. The number of hydrogen-bond donors (Lipinski definition) is 5. The molecule has 2 aromatic rings. The van der Waals surface area contributed by atoms with Gasteiger partial charge in [0.25, 0.3) is 0 Å². The fourth-order valence-corrected chi connectivity index (χ4v) is 3.55. The minimum atomic E-state index is -3.95. The molecule has 2 rings (SSSR count). The summed E-state index contributed by atoms with van der Waals surface area (Å²) >= 11 is 0. The van der Waals surface area contributed by atoms with Crippen LogP contribution in [0.25, 0.3) is 6.08 Å². The lowest BCUT2D eigenvalue weighted by Gasteiger charge is -2.14. The quantitative estimate of drug-likeness (QED) is 0.129. The first-order valence-electron chi connectivity index (χ1n) is 9.67. The molecule has 0 aliphatic heterocycles. The number of ether oxygens (including phenoxy) is 1. The predicted octanol–water partition coefficient (Wildman–Crippen LogP) is 1.46. The van der Waals surface area contributed by atoms with Gasteiger partial charge in [-0.2, -0.15) is 4.72 Å². The van der Waals surface area contributed by atoms with Gasteiger partial charge in [0.2, 0.25) is 16.0 Å². The van der Waals surface area contributed by atoms with Crippen LogP contribution in [0.15, 0.2) is 60.0 Å². The van der Waals surface area contributed by atoms with E-state index >= 15 is 0 Å². The standard InChI is InChI=1S/C21H26N4O6S/c22-21(23)24-31-13-4-12-30-18-9-7-17(8-10-18)15-19(20(26)27)25-32(28,29)14-11-16-5-2-1-3-6-16/h1-3,5-11,14,19,25H,4,12-13,15H2,(H,26,27)(H4,22,23,24)/b14-11+/t19-/m0/s1. The van der Waals surface area contributed by atoms with E-state index < -0.39 is 22.0 Å². The molecule has 0 aliphatic rings. The summed E-state index contributed by atoms with van der Waals surface area (Å²) in [7, 11) is -3.95. The number of carboxylic acid groups (broad SMARTS) is 1. The first-order valence-corrected chi connectivity index (χ1v) is 11.2. The fourth-order valence-electron chi connectivity index (χ4n) is 2.56. The van der Waals surface area contributed by atoms with Crippen molar-refractivity contribution in [3.05, 3.63) is 71.1 Å². The van der Waals surface area contributed by atoms with Crippen LogP contribution >= 0.6 is 0 Å². The van der Waals surface area contributed by atoms with Gasteiger partial charge in [0, 0.05) is 11.8 Å². The van der Waals surface area contributed by atoms with Crippen LogP contribution in [0, 0.1) is 5.41 Å². The van der Waals surface area contributed by atoms with Crippen LogP contribution < -0.4 is 20.7 Å². The average Bonchev–Trinajstić information content (AvgIpc) is 2.76. The van der Waals surface area contributed by atoms with Gasteiger partial charge >= 0.3 is 5.97 Å². The first kappa shape index (κ1) is 24.9. The van der Waals surface area contributed by atoms with Gasteiger partial charge in [0.1, 0.15) is 11.8 Å². The zero-order valence-corrected chi connectivity index (χ0v) is 18.0. The van der Waals surface area contributed by atoms with Gasteiger partial charge in [-0.25, -0.2) is 13.9 Å². The van der Waals surface area contributed by atoms with Crippen molar-refractivity contribution in [1.29, 1.82) is 5.41 Å². The van der Waals surface area contributed by atoms with Gasteiger partial charge in [0.15, 0.2) is 0 Å². The molecule has 11 heteroatoms. The van der Waals surface area contributed by atoms with Gasteiger partial charge in [-0.1, -0.05) is 42.5 Å². The summed E-state index contributed by atoms with van der Waals surface area (Å²) in [6, 6.07) is 14.2.